The summed E-state index contributed by atoms with van der Waals surface area (Å²) in [7, 11) is 1.97. The molecule has 0 bridgehead atoms. The average Bonchev–Trinajstić information content (AvgIpc) is 3.72. The predicted octanol–water partition coefficient (Wildman–Crippen LogP) is 4.15. The topological polar surface area (TPSA) is 79.1 Å². The van der Waals surface area contributed by atoms with Crippen LogP contribution in [0.3, 0.4) is 0 Å². The number of piperazine rings is 1. The Bertz CT molecular complexity index is 1440. The molecule has 0 radical (unpaired) electrons. The largest absolute Gasteiger partial charge is 0.368 e. The Morgan fingerprint density at radius 1 is 1.13 bits per heavy atom. The van der Waals surface area contributed by atoms with Crippen LogP contribution in [-0.2, 0) is 16.0 Å². The Hall–Kier alpha value is -3.57. The van der Waals surface area contributed by atoms with Crippen LogP contribution in [-0.4, -0.2) is 76.3 Å². The number of carbonyl (C=O) groups is 1. The van der Waals surface area contributed by atoms with Gasteiger partial charge in [0.15, 0.2) is 16.6 Å². The van der Waals surface area contributed by atoms with Crippen molar-refractivity contribution in [2.45, 2.75) is 32.3 Å². The summed E-state index contributed by atoms with van der Waals surface area (Å²) in [6, 6.07) is 10.4. The smallest absolute Gasteiger partial charge is 0.251 e. The number of amides is 1. The maximum Gasteiger partial charge on any atom is 0.251 e. The van der Waals surface area contributed by atoms with Gasteiger partial charge in [-0.1, -0.05) is 6.92 Å². The van der Waals surface area contributed by atoms with E-state index < -0.39 is 0 Å². The summed E-state index contributed by atoms with van der Waals surface area (Å²) in [6.07, 6.45) is 2.25. The first-order chi connectivity index (χ1) is 18.5. The zero-order valence-corrected chi connectivity index (χ0v) is 22.3. The van der Waals surface area contributed by atoms with Crippen LogP contribution in [0.1, 0.15) is 25.5 Å². The maximum absolute atomic E-state index is 13.4. The van der Waals surface area contributed by atoms with Crippen molar-refractivity contribution in [3.05, 3.63) is 53.3 Å². The number of ether oxygens (including phenoxy) is 1. The summed E-state index contributed by atoms with van der Waals surface area (Å²) in [4.78, 5) is 28.5. The van der Waals surface area contributed by atoms with E-state index in [1.165, 1.54) is 23.5 Å². The second-order valence-corrected chi connectivity index (χ2v) is 10.4. The molecule has 9 nitrogen and oxygen atoms in total. The van der Waals surface area contributed by atoms with E-state index >= 15 is 0 Å². The highest BCUT2D eigenvalue weighted by atomic mass is 32.1. The fraction of sp³-hybridized carbons (Fsp3) is 0.407. The van der Waals surface area contributed by atoms with Crippen LogP contribution in [0.2, 0.25) is 0 Å². The van der Waals surface area contributed by atoms with Crippen molar-refractivity contribution in [3.8, 4) is 11.3 Å². The highest BCUT2D eigenvalue weighted by Gasteiger charge is 2.31. The Balaban J connectivity index is 1.24. The van der Waals surface area contributed by atoms with Crippen molar-refractivity contribution in [2.75, 3.05) is 49.6 Å². The van der Waals surface area contributed by atoms with Gasteiger partial charge in [0.05, 0.1) is 11.4 Å². The van der Waals surface area contributed by atoms with Gasteiger partial charge in [0.1, 0.15) is 17.7 Å². The third-order valence-electron chi connectivity index (χ3n) is 7.20. The Kier molecular flexibility index (Phi) is 6.71. The predicted molar refractivity (Wildman–Crippen MR) is 146 cm³/mol. The van der Waals surface area contributed by atoms with Crippen molar-refractivity contribution in [1.29, 1.82) is 0 Å². The van der Waals surface area contributed by atoms with Crippen molar-refractivity contribution in [3.63, 3.8) is 0 Å². The number of thiazole rings is 1. The molecule has 2 saturated heterocycles. The SMILES string of the molecule is CCc1nc2ccc(N3CCN(C(=O)C4CCCO4)CC3)nn2c1N(C)c1nc(-c2ccc(F)cc2)cs1. The molecular weight excluding hydrogens is 505 g/mol. The van der Waals surface area contributed by atoms with Crippen LogP contribution >= 0.6 is 11.3 Å². The summed E-state index contributed by atoms with van der Waals surface area (Å²) < 4.78 is 20.8. The van der Waals surface area contributed by atoms with Gasteiger partial charge < -0.3 is 19.4 Å². The number of rotatable bonds is 6. The van der Waals surface area contributed by atoms with Crippen molar-refractivity contribution in [2.24, 2.45) is 0 Å². The maximum atomic E-state index is 13.4. The fourth-order valence-electron chi connectivity index (χ4n) is 5.09. The van der Waals surface area contributed by atoms with Gasteiger partial charge in [-0.3, -0.25) is 4.79 Å². The zero-order chi connectivity index (χ0) is 26.2. The van der Waals surface area contributed by atoms with E-state index in [1.54, 1.807) is 12.1 Å². The summed E-state index contributed by atoms with van der Waals surface area (Å²) in [5.41, 5.74) is 3.37. The lowest BCUT2D eigenvalue weighted by atomic mass is 10.2. The molecule has 0 aliphatic carbocycles. The van der Waals surface area contributed by atoms with Gasteiger partial charge in [-0.15, -0.1) is 16.4 Å². The standard InChI is InChI=1S/C27H30FN7O2S/c1-3-20-25(32(2)27-30-21(17-38-27)18-6-8-19(28)9-7-18)35-23(29-20)10-11-24(31-35)33-12-14-34(15-13-33)26(36)22-5-4-16-37-22/h6-11,17,22H,3-5,12-16H2,1-2H3. The van der Waals surface area contributed by atoms with Crippen molar-refractivity contribution >= 4 is 39.7 Å². The zero-order valence-electron chi connectivity index (χ0n) is 21.5. The third kappa shape index (κ3) is 4.60. The molecule has 2 aliphatic heterocycles. The fourth-order valence-corrected chi connectivity index (χ4v) is 5.89. The summed E-state index contributed by atoms with van der Waals surface area (Å²) in [6.45, 7) is 5.49. The lowest BCUT2D eigenvalue weighted by Gasteiger charge is -2.36. The molecule has 198 valence electrons. The first kappa shape index (κ1) is 24.7. The number of anilines is 3. The van der Waals surface area contributed by atoms with Gasteiger partial charge in [0, 0.05) is 50.8 Å². The second kappa shape index (κ2) is 10.3. The number of imidazole rings is 1. The molecule has 5 heterocycles. The number of hydrogen-bond acceptors (Lipinski definition) is 8. The van der Waals surface area contributed by atoms with E-state index in [4.69, 9.17) is 19.8 Å². The van der Waals surface area contributed by atoms with Gasteiger partial charge in [-0.2, -0.15) is 4.52 Å². The van der Waals surface area contributed by atoms with E-state index in [2.05, 4.69) is 11.8 Å². The minimum Gasteiger partial charge on any atom is -0.368 e. The number of carbonyl (C=O) groups excluding carboxylic acids is 1. The number of nitrogens with zero attached hydrogens (tertiary/aromatic N) is 7. The monoisotopic (exact) mass is 535 g/mol. The summed E-state index contributed by atoms with van der Waals surface area (Å²) in [5.74, 6) is 1.57. The van der Waals surface area contributed by atoms with Crippen molar-refractivity contribution < 1.29 is 13.9 Å². The third-order valence-corrected chi connectivity index (χ3v) is 8.12. The molecule has 2 aliphatic rings. The number of benzene rings is 1. The molecule has 6 rings (SSSR count). The molecule has 2 fully saturated rings. The molecule has 11 heteroatoms. The summed E-state index contributed by atoms with van der Waals surface area (Å²) >= 11 is 1.52. The van der Waals surface area contributed by atoms with E-state index in [1.807, 2.05) is 38.9 Å². The van der Waals surface area contributed by atoms with Crippen LogP contribution in [0.5, 0.6) is 0 Å². The van der Waals surface area contributed by atoms with E-state index in [-0.39, 0.29) is 17.8 Å². The van der Waals surface area contributed by atoms with Gasteiger partial charge in [-0.25, -0.2) is 14.4 Å². The molecule has 38 heavy (non-hydrogen) atoms. The highest BCUT2D eigenvalue weighted by Crippen LogP contribution is 2.33. The quantitative estimate of drug-likeness (QED) is 0.367. The van der Waals surface area contributed by atoms with Gasteiger partial charge in [0.25, 0.3) is 5.91 Å². The number of fused-ring (bicyclic) bond motifs is 1. The minimum absolute atomic E-state index is 0.111. The second-order valence-electron chi connectivity index (χ2n) is 9.59. The lowest BCUT2D eigenvalue weighted by Crippen LogP contribution is -2.51. The Morgan fingerprint density at radius 3 is 2.63 bits per heavy atom. The molecule has 1 amide bonds. The number of aromatic nitrogens is 4. The number of hydrogen-bond donors (Lipinski definition) is 0. The first-order valence-corrected chi connectivity index (χ1v) is 13.9. The van der Waals surface area contributed by atoms with E-state index in [0.717, 1.165) is 58.6 Å². The van der Waals surface area contributed by atoms with Crippen LogP contribution in [0.4, 0.5) is 21.2 Å². The highest BCUT2D eigenvalue weighted by molar-refractivity contribution is 7.14. The summed E-state index contributed by atoms with van der Waals surface area (Å²) in [5, 5.41) is 7.76. The van der Waals surface area contributed by atoms with Crippen LogP contribution < -0.4 is 9.80 Å². The normalized spacial score (nSPS) is 17.9. The minimum atomic E-state index is -0.276. The van der Waals surface area contributed by atoms with Crippen LogP contribution in [0.15, 0.2) is 41.8 Å². The molecule has 1 unspecified atom stereocenters. The van der Waals surface area contributed by atoms with Gasteiger partial charge >= 0.3 is 0 Å². The van der Waals surface area contributed by atoms with Gasteiger partial charge in [-0.05, 0) is 55.7 Å². The van der Waals surface area contributed by atoms with Crippen LogP contribution in [0.25, 0.3) is 16.9 Å². The Labute approximate surface area is 224 Å². The average molecular weight is 536 g/mol. The van der Waals surface area contributed by atoms with E-state index in [9.17, 15) is 9.18 Å². The molecule has 3 aromatic heterocycles. The molecule has 4 aromatic rings. The van der Waals surface area contributed by atoms with Gasteiger partial charge in [0.2, 0.25) is 0 Å². The molecular formula is C27H30FN7O2S. The van der Waals surface area contributed by atoms with Crippen molar-refractivity contribution in [1.82, 2.24) is 24.5 Å². The molecule has 0 spiro atoms. The molecule has 1 aromatic carbocycles. The number of halogens is 1. The van der Waals surface area contributed by atoms with E-state index in [0.29, 0.717) is 32.8 Å². The lowest BCUT2D eigenvalue weighted by molar-refractivity contribution is -0.141. The molecule has 1 atom stereocenters. The first-order valence-electron chi connectivity index (χ1n) is 13.0. The number of aryl methyl sites for hydroxylation is 1. The Morgan fingerprint density at radius 2 is 1.92 bits per heavy atom. The van der Waals surface area contributed by atoms with Crippen LogP contribution in [0, 0.1) is 5.82 Å². The molecule has 0 saturated carbocycles. The molecule has 0 N–H and O–H groups in total.